The van der Waals surface area contributed by atoms with Crippen LogP contribution in [0.5, 0.6) is 0 Å². The fraction of sp³-hybridized carbons (Fsp3) is 0.562. The van der Waals surface area contributed by atoms with Crippen molar-refractivity contribution in [3.8, 4) is 0 Å². The number of carbonyl (C=O) groups is 1. The van der Waals surface area contributed by atoms with Gasteiger partial charge in [-0.25, -0.2) is 4.39 Å². The average Bonchev–Trinajstić information content (AvgIpc) is 3.27. The maximum Gasteiger partial charge on any atom is 0.176 e. The van der Waals surface area contributed by atoms with E-state index in [1.807, 2.05) is 0 Å². The highest BCUT2D eigenvalue weighted by atomic mass is 19.1. The van der Waals surface area contributed by atoms with Crippen LogP contribution < -0.4 is 0 Å². The summed E-state index contributed by atoms with van der Waals surface area (Å²) in [6, 6.07) is 6.16. The van der Waals surface area contributed by atoms with E-state index in [-0.39, 0.29) is 11.6 Å². The number of rotatable bonds is 8. The first-order valence-corrected chi connectivity index (χ1v) is 7.13. The zero-order chi connectivity index (χ0) is 14.5. The summed E-state index contributed by atoms with van der Waals surface area (Å²) in [6.45, 7) is 3.91. The maximum absolute atomic E-state index is 12.9. The Bertz CT molecular complexity index is 442. The van der Waals surface area contributed by atoms with Gasteiger partial charge < -0.3 is 4.74 Å². The summed E-state index contributed by atoms with van der Waals surface area (Å²) in [6.07, 6.45) is 2.49. The van der Waals surface area contributed by atoms with E-state index in [0.29, 0.717) is 30.7 Å². The summed E-state index contributed by atoms with van der Waals surface area (Å²) in [5.41, 5.74) is 0.566. The highest BCUT2D eigenvalue weighted by molar-refractivity contribution is 5.97. The molecule has 0 heterocycles. The lowest BCUT2D eigenvalue weighted by Gasteiger charge is -2.28. The molecule has 0 spiro atoms. The van der Waals surface area contributed by atoms with Crippen LogP contribution in [0.25, 0.3) is 0 Å². The SMILES string of the molecule is COCCN(CC(=O)c1ccc(F)cc1)C(C)C1CC1. The molecule has 20 heavy (non-hydrogen) atoms. The minimum Gasteiger partial charge on any atom is -0.383 e. The zero-order valence-corrected chi connectivity index (χ0v) is 12.1. The Kier molecular flexibility index (Phi) is 5.26. The van der Waals surface area contributed by atoms with Crippen molar-refractivity contribution in [1.82, 2.24) is 4.90 Å². The lowest BCUT2D eigenvalue weighted by molar-refractivity contribution is 0.0816. The van der Waals surface area contributed by atoms with Crippen LogP contribution in [0.4, 0.5) is 4.39 Å². The maximum atomic E-state index is 12.9. The molecule has 1 atom stereocenters. The number of benzene rings is 1. The molecular formula is C16H22FNO2. The first-order chi connectivity index (χ1) is 9.61. The zero-order valence-electron chi connectivity index (χ0n) is 12.1. The molecule has 1 unspecified atom stereocenters. The largest absolute Gasteiger partial charge is 0.383 e. The van der Waals surface area contributed by atoms with Crippen LogP contribution in [0.15, 0.2) is 24.3 Å². The first-order valence-electron chi connectivity index (χ1n) is 7.13. The van der Waals surface area contributed by atoms with Crippen LogP contribution in [-0.4, -0.2) is 43.5 Å². The first kappa shape index (κ1) is 15.1. The predicted molar refractivity (Wildman–Crippen MR) is 76.4 cm³/mol. The van der Waals surface area contributed by atoms with Crippen LogP contribution in [0.2, 0.25) is 0 Å². The van der Waals surface area contributed by atoms with Crippen LogP contribution in [-0.2, 0) is 4.74 Å². The molecule has 1 aliphatic rings. The second kappa shape index (κ2) is 6.95. The Hall–Kier alpha value is -1.26. The highest BCUT2D eigenvalue weighted by Crippen LogP contribution is 2.35. The van der Waals surface area contributed by atoms with E-state index in [0.717, 1.165) is 6.54 Å². The Morgan fingerprint density at radius 1 is 1.40 bits per heavy atom. The van der Waals surface area contributed by atoms with Crippen molar-refractivity contribution in [2.24, 2.45) is 5.92 Å². The van der Waals surface area contributed by atoms with Gasteiger partial charge in [-0.2, -0.15) is 0 Å². The number of ether oxygens (including phenoxy) is 1. The van der Waals surface area contributed by atoms with Gasteiger partial charge in [0, 0.05) is 25.3 Å². The fourth-order valence-corrected chi connectivity index (χ4v) is 2.42. The van der Waals surface area contributed by atoms with Gasteiger partial charge in [0.15, 0.2) is 5.78 Å². The molecule has 3 nitrogen and oxygen atoms in total. The Balaban J connectivity index is 1.98. The molecule has 1 aromatic rings. The summed E-state index contributed by atoms with van der Waals surface area (Å²) in [5.74, 6) is 0.422. The lowest BCUT2D eigenvalue weighted by Crippen LogP contribution is -2.40. The van der Waals surface area contributed by atoms with Gasteiger partial charge in [-0.3, -0.25) is 9.69 Å². The lowest BCUT2D eigenvalue weighted by atomic mass is 10.1. The van der Waals surface area contributed by atoms with Crippen LogP contribution in [0.1, 0.15) is 30.1 Å². The molecule has 0 aromatic heterocycles. The number of ketones is 1. The topological polar surface area (TPSA) is 29.5 Å². The van der Waals surface area contributed by atoms with Crippen molar-refractivity contribution in [1.29, 1.82) is 0 Å². The average molecular weight is 279 g/mol. The van der Waals surface area contributed by atoms with Gasteiger partial charge in [-0.05, 0) is 49.9 Å². The minimum atomic E-state index is -0.316. The molecule has 1 saturated carbocycles. The Labute approximate surface area is 119 Å². The van der Waals surface area contributed by atoms with Gasteiger partial charge in [0.05, 0.1) is 13.2 Å². The summed E-state index contributed by atoms with van der Waals surface area (Å²) in [7, 11) is 1.67. The monoisotopic (exact) mass is 279 g/mol. The van der Waals surface area contributed by atoms with Gasteiger partial charge in [0.1, 0.15) is 5.82 Å². The Morgan fingerprint density at radius 3 is 2.60 bits per heavy atom. The van der Waals surface area contributed by atoms with E-state index >= 15 is 0 Å². The van der Waals surface area contributed by atoms with Gasteiger partial charge in [0.25, 0.3) is 0 Å². The van der Waals surface area contributed by atoms with E-state index in [1.54, 1.807) is 19.2 Å². The van der Waals surface area contributed by atoms with Crippen molar-refractivity contribution in [2.75, 3.05) is 26.8 Å². The smallest absolute Gasteiger partial charge is 0.176 e. The van der Waals surface area contributed by atoms with E-state index < -0.39 is 0 Å². The number of methoxy groups -OCH3 is 1. The standard InChI is InChI=1S/C16H22FNO2/c1-12(13-3-4-13)18(9-10-20-2)11-16(19)14-5-7-15(17)8-6-14/h5-8,12-13H,3-4,9-11H2,1-2H3. The molecule has 0 bridgehead atoms. The number of hydrogen-bond donors (Lipinski definition) is 0. The molecule has 2 rings (SSSR count). The molecule has 0 aliphatic heterocycles. The van der Waals surface area contributed by atoms with Crippen LogP contribution in [0.3, 0.4) is 0 Å². The fourth-order valence-electron chi connectivity index (χ4n) is 2.42. The van der Waals surface area contributed by atoms with Gasteiger partial charge >= 0.3 is 0 Å². The molecule has 0 radical (unpaired) electrons. The number of halogens is 1. The molecule has 1 aliphatic carbocycles. The van der Waals surface area contributed by atoms with E-state index in [1.165, 1.54) is 25.0 Å². The van der Waals surface area contributed by atoms with Crippen molar-refractivity contribution in [2.45, 2.75) is 25.8 Å². The molecular weight excluding hydrogens is 257 g/mol. The van der Waals surface area contributed by atoms with E-state index in [9.17, 15) is 9.18 Å². The molecule has 0 saturated heterocycles. The molecule has 1 fully saturated rings. The summed E-state index contributed by atoms with van der Waals surface area (Å²) in [4.78, 5) is 14.4. The third-order valence-electron chi connectivity index (χ3n) is 3.98. The quantitative estimate of drug-likeness (QED) is 0.685. The third-order valence-corrected chi connectivity index (χ3v) is 3.98. The predicted octanol–water partition coefficient (Wildman–Crippen LogP) is 2.76. The summed E-state index contributed by atoms with van der Waals surface area (Å²) >= 11 is 0. The van der Waals surface area contributed by atoms with Gasteiger partial charge in [0.2, 0.25) is 0 Å². The van der Waals surface area contributed by atoms with Crippen molar-refractivity contribution in [3.05, 3.63) is 35.6 Å². The van der Waals surface area contributed by atoms with Crippen molar-refractivity contribution >= 4 is 5.78 Å². The van der Waals surface area contributed by atoms with E-state index in [4.69, 9.17) is 4.74 Å². The number of nitrogens with zero attached hydrogens (tertiary/aromatic N) is 1. The number of carbonyl (C=O) groups excluding carboxylic acids is 1. The Morgan fingerprint density at radius 2 is 2.05 bits per heavy atom. The minimum absolute atomic E-state index is 0.0357. The second-order valence-corrected chi connectivity index (χ2v) is 5.47. The van der Waals surface area contributed by atoms with Gasteiger partial charge in [-0.1, -0.05) is 0 Å². The summed E-state index contributed by atoms with van der Waals surface area (Å²) in [5, 5.41) is 0. The van der Waals surface area contributed by atoms with Crippen molar-refractivity contribution < 1.29 is 13.9 Å². The third kappa shape index (κ3) is 4.12. The van der Waals surface area contributed by atoms with Crippen LogP contribution in [0, 0.1) is 11.7 Å². The molecule has 4 heteroatoms. The molecule has 0 N–H and O–H groups in total. The van der Waals surface area contributed by atoms with E-state index in [2.05, 4.69) is 11.8 Å². The van der Waals surface area contributed by atoms with Gasteiger partial charge in [-0.15, -0.1) is 0 Å². The highest BCUT2D eigenvalue weighted by Gasteiger charge is 2.32. The van der Waals surface area contributed by atoms with Crippen LogP contribution >= 0.6 is 0 Å². The summed E-state index contributed by atoms with van der Waals surface area (Å²) < 4.78 is 18.0. The normalized spacial score (nSPS) is 16.4. The number of Topliss-reactive ketones (excluding diaryl/α,β-unsaturated/α-hetero) is 1. The molecule has 1 aromatic carbocycles. The molecule has 110 valence electrons. The number of hydrogen-bond acceptors (Lipinski definition) is 3. The second-order valence-electron chi connectivity index (χ2n) is 5.47. The molecule has 0 amide bonds. The van der Waals surface area contributed by atoms with Crippen molar-refractivity contribution in [3.63, 3.8) is 0 Å².